The molecule has 1 heterocycles. The fraction of sp³-hybridized carbons (Fsp3) is 0.143. The van der Waals surface area contributed by atoms with E-state index in [0.717, 1.165) is 6.07 Å². The van der Waals surface area contributed by atoms with Crippen LogP contribution in [0.1, 0.15) is 5.56 Å². The molecule has 0 unspecified atom stereocenters. The summed E-state index contributed by atoms with van der Waals surface area (Å²) in [7, 11) is 2.51. The number of ether oxygens (including phenoxy) is 2. The quantitative estimate of drug-likeness (QED) is 0.607. The molecule has 0 saturated carbocycles. The molecule has 0 atom stereocenters. The Morgan fingerprint density at radius 3 is 2.18 bits per heavy atom. The third-order valence-electron chi connectivity index (χ3n) is 2.73. The monoisotopic (exact) mass is 346 g/mol. The molecule has 2 rings (SSSR count). The molecule has 0 saturated heterocycles. The molecule has 8 heteroatoms. The van der Waals surface area contributed by atoms with Crippen LogP contribution in [0.3, 0.4) is 0 Å². The maximum absolute atomic E-state index is 14.1. The average molecular weight is 347 g/mol. The molecule has 1 aromatic heterocycles. The summed E-state index contributed by atoms with van der Waals surface area (Å²) in [5.74, 6) is -2.28. The summed E-state index contributed by atoms with van der Waals surface area (Å²) in [5, 5.41) is 0.446. The van der Waals surface area contributed by atoms with Crippen molar-refractivity contribution in [2.24, 2.45) is 4.99 Å². The Morgan fingerprint density at radius 1 is 1.09 bits per heavy atom. The second kappa shape index (κ2) is 6.89. The number of hydrogen-bond donors (Lipinski definition) is 0. The molecule has 2 aromatic rings. The number of methoxy groups -OCH3 is 2. The first kappa shape index (κ1) is 16.5. The standard InChI is InChI=1S/C14H10Cl2F2N2O2/c1-21-9-4-10(22-2)13(18)14(12(9)17)20-6-7-5-19-11(16)3-8(7)15/h3-6H,1-2H3/b20-6+. The Kier molecular flexibility index (Phi) is 5.15. The van der Waals surface area contributed by atoms with Crippen LogP contribution in [0.2, 0.25) is 10.2 Å². The average Bonchev–Trinajstić information content (AvgIpc) is 2.49. The minimum absolute atomic E-state index is 0.189. The predicted molar refractivity (Wildman–Crippen MR) is 81.0 cm³/mol. The zero-order chi connectivity index (χ0) is 16.3. The fourth-order valence-corrected chi connectivity index (χ4v) is 2.05. The summed E-state index contributed by atoms with van der Waals surface area (Å²) in [5.41, 5.74) is -0.200. The Morgan fingerprint density at radius 2 is 1.68 bits per heavy atom. The highest BCUT2D eigenvalue weighted by molar-refractivity contribution is 6.35. The Labute approximate surface area is 135 Å². The minimum Gasteiger partial charge on any atom is -0.493 e. The molecule has 4 nitrogen and oxygen atoms in total. The molecule has 0 bridgehead atoms. The van der Waals surface area contributed by atoms with E-state index in [4.69, 9.17) is 32.7 Å². The van der Waals surface area contributed by atoms with E-state index in [1.54, 1.807) is 0 Å². The third-order valence-corrected chi connectivity index (χ3v) is 3.27. The van der Waals surface area contributed by atoms with Gasteiger partial charge in [-0.15, -0.1) is 0 Å². The molecular formula is C14H10Cl2F2N2O2. The van der Waals surface area contributed by atoms with Gasteiger partial charge < -0.3 is 9.47 Å². The third kappa shape index (κ3) is 3.28. The molecule has 0 fully saturated rings. The zero-order valence-corrected chi connectivity index (χ0v) is 13.0. The molecule has 0 aliphatic heterocycles. The number of aliphatic imine (C=N–C) groups is 1. The van der Waals surface area contributed by atoms with Crippen LogP contribution in [0.15, 0.2) is 23.3 Å². The highest BCUT2D eigenvalue weighted by Gasteiger charge is 2.19. The predicted octanol–water partition coefficient (Wildman–Crippen LogP) is 4.43. The van der Waals surface area contributed by atoms with Crippen molar-refractivity contribution in [1.82, 2.24) is 4.98 Å². The molecule has 0 aliphatic rings. The van der Waals surface area contributed by atoms with Gasteiger partial charge in [-0.05, 0) is 6.07 Å². The van der Waals surface area contributed by atoms with Gasteiger partial charge in [-0.2, -0.15) is 0 Å². The number of hydrogen-bond acceptors (Lipinski definition) is 4. The second-order valence-corrected chi connectivity index (χ2v) is 4.84. The summed E-state index contributed by atoms with van der Waals surface area (Å²) in [6.07, 6.45) is 2.51. The fourth-order valence-electron chi connectivity index (χ4n) is 1.63. The van der Waals surface area contributed by atoms with Crippen LogP contribution in [0.4, 0.5) is 14.5 Å². The van der Waals surface area contributed by atoms with E-state index in [1.807, 2.05) is 0 Å². The van der Waals surface area contributed by atoms with Crippen molar-refractivity contribution in [1.29, 1.82) is 0 Å². The largest absolute Gasteiger partial charge is 0.493 e. The van der Waals surface area contributed by atoms with Crippen molar-refractivity contribution in [3.63, 3.8) is 0 Å². The molecular weight excluding hydrogens is 337 g/mol. The van der Waals surface area contributed by atoms with Crippen molar-refractivity contribution >= 4 is 35.1 Å². The van der Waals surface area contributed by atoms with E-state index >= 15 is 0 Å². The summed E-state index contributed by atoms with van der Waals surface area (Å²) >= 11 is 11.6. The first-order valence-electron chi connectivity index (χ1n) is 5.93. The van der Waals surface area contributed by atoms with Gasteiger partial charge in [0.05, 0.1) is 19.2 Å². The van der Waals surface area contributed by atoms with Crippen LogP contribution in [0, 0.1) is 11.6 Å². The lowest BCUT2D eigenvalue weighted by Gasteiger charge is -2.09. The van der Waals surface area contributed by atoms with Gasteiger partial charge in [-0.1, -0.05) is 23.2 Å². The van der Waals surface area contributed by atoms with Gasteiger partial charge in [0.2, 0.25) is 0 Å². The number of pyridine rings is 1. The first-order chi connectivity index (χ1) is 10.5. The van der Waals surface area contributed by atoms with Gasteiger partial charge >= 0.3 is 0 Å². The summed E-state index contributed by atoms with van der Waals surface area (Å²) in [4.78, 5) is 7.60. The van der Waals surface area contributed by atoms with Gasteiger partial charge in [0, 0.05) is 24.0 Å². The molecule has 0 amide bonds. The van der Waals surface area contributed by atoms with Crippen LogP contribution in [0.25, 0.3) is 0 Å². The van der Waals surface area contributed by atoms with Crippen LogP contribution >= 0.6 is 23.2 Å². The van der Waals surface area contributed by atoms with Crippen molar-refractivity contribution in [3.05, 3.63) is 45.7 Å². The minimum atomic E-state index is -0.949. The summed E-state index contributed by atoms with van der Waals surface area (Å²) in [6, 6.07) is 2.49. The normalized spacial score (nSPS) is 11.0. The summed E-state index contributed by atoms with van der Waals surface area (Å²) in [6.45, 7) is 0. The van der Waals surface area contributed by atoms with Crippen molar-refractivity contribution < 1.29 is 18.3 Å². The lowest BCUT2D eigenvalue weighted by molar-refractivity contribution is 0.359. The van der Waals surface area contributed by atoms with Gasteiger partial charge in [0.25, 0.3) is 0 Å². The van der Waals surface area contributed by atoms with Crippen LogP contribution in [-0.2, 0) is 0 Å². The number of halogens is 4. The van der Waals surface area contributed by atoms with Crippen molar-refractivity contribution in [2.75, 3.05) is 14.2 Å². The molecule has 0 radical (unpaired) electrons. The smallest absolute Gasteiger partial charge is 0.193 e. The van der Waals surface area contributed by atoms with E-state index in [0.29, 0.717) is 5.56 Å². The van der Waals surface area contributed by atoms with Crippen LogP contribution in [-0.4, -0.2) is 25.4 Å². The first-order valence-corrected chi connectivity index (χ1v) is 6.68. The van der Waals surface area contributed by atoms with Crippen LogP contribution < -0.4 is 9.47 Å². The zero-order valence-electron chi connectivity index (χ0n) is 11.5. The lowest BCUT2D eigenvalue weighted by Crippen LogP contribution is -1.96. The van der Waals surface area contributed by atoms with E-state index in [9.17, 15) is 8.78 Å². The molecule has 22 heavy (non-hydrogen) atoms. The summed E-state index contributed by atoms with van der Waals surface area (Å²) < 4.78 is 37.9. The lowest BCUT2D eigenvalue weighted by atomic mass is 10.2. The maximum Gasteiger partial charge on any atom is 0.193 e. The number of aromatic nitrogens is 1. The second-order valence-electron chi connectivity index (χ2n) is 4.04. The van der Waals surface area contributed by atoms with Gasteiger partial charge in [0.15, 0.2) is 23.1 Å². The van der Waals surface area contributed by atoms with Crippen LogP contribution in [0.5, 0.6) is 11.5 Å². The Bertz CT molecular complexity index is 711. The van der Waals surface area contributed by atoms with E-state index in [1.165, 1.54) is 32.7 Å². The Balaban J connectivity index is 2.50. The Hall–Kier alpha value is -1.92. The molecule has 0 N–H and O–H groups in total. The highest BCUT2D eigenvalue weighted by atomic mass is 35.5. The topological polar surface area (TPSA) is 43.7 Å². The molecule has 0 aliphatic carbocycles. The highest BCUT2D eigenvalue weighted by Crippen LogP contribution is 2.36. The number of rotatable bonds is 4. The number of benzene rings is 1. The molecule has 116 valence electrons. The van der Waals surface area contributed by atoms with E-state index in [-0.39, 0.29) is 21.7 Å². The molecule has 0 spiro atoms. The van der Waals surface area contributed by atoms with Gasteiger partial charge in [-0.25, -0.2) is 18.8 Å². The van der Waals surface area contributed by atoms with Crippen molar-refractivity contribution in [3.8, 4) is 11.5 Å². The number of nitrogens with zero attached hydrogens (tertiary/aromatic N) is 2. The molecule has 1 aromatic carbocycles. The van der Waals surface area contributed by atoms with Crippen molar-refractivity contribution in [2.45, 2.75) is 0 Å². The SMILES string of the molecule is COc1cc(OC)c(F)c(/N=C/c2cnc(Cl)cc2Cl)c1F. The van der Waals surface area contributed by atoms with E-state index < -0.39 is 17.3 Å². The van der Waals surface area contributed by atoms with Gasteiger partial charge in [0.1, 0.15) is 10.8 Å². The van der Waals surface area contributed by atoms with E-state index in [2.05, 4.69) is 9.98 Å². The van der Waals surface area contributed by atoms with Gasteiger partial charge in [-0.3, -0.25) is 0 Å². The maximum atomic E-state index is 14.1.